The van der Waals surface area contributed by atoms with Gasteiger partial charge in [0, 0.05) is 20.9 Å². The highest BCUT2D eigenvalue weighted by atomic mass is 79.9. The fourth-order valence-corrected chi connectivity index (χ4v) is 4.00. The van der Waals surface area contributed by atoms with E-state index in [4.69, 9.17) is 28.3 Å². The molecule has 4 rings (SSSR count). The van der Waals surface area contributed by atoms with Crippen LogP contribution in [-0.2, 0) is 0 Å². The van der Waals surface area contributed by atoms with Gasteiger partial charge in [-0.25, -0.2) is 4.39 Å². The van der Waals surface area contributed by atoms with Crippen molar-refractivity contribution in [2.24, 2.45) is 5.10 Å². The van der Waals surface area contributed by atoms with Gasteiger partial charge >= 0.3 is 0 Å². The maximum atomic E-state index is 14.5. The molecule has 1 aliphatic heterocycles. The molecular formula is C21H14BrCl2FN2. The number of anilines is 1. The van der Waals surface area contributed by atoms with Crippen molar-refractivity contribution in [1.82, 2.24) is 0 Å². The van der Waals surface area contributed by atoms with E-state index >= 15 is 0 Å². The number of nitrogens with zero attached hydrogens (tertiary/aromatic N) is 2. The van der Waals surface area contributed by atoms with Crippen LogP contribution in [0.4, 0.5) is 10.1 Å². The Labute approximate surface area is 175 Å². The monoisotopic (exact) mass is 462 g/mol. The van der Waals surface area contributed by atoms with Gasteiger partial charge in [0.2, 0.25) is 0 Å². The molecule has 6 heteroatoms. The summed E-state index contributed by atoms with van der Waals surface area (Å²) in [6.07, 6.45) is 0.608. The smallest absolute Gasteiger partial charge is 0.148 e. The molecule has 1 aliphatic rings. The van der Waals surface area contributed by atoms with E-state index in [2.05, 4.69) is 15.9 Å². The van der Waals surface area contributed by atoms with Crippen LogP contribution < -0.4 is 5.01 Å². The third-order valence-electron chi connectivity index (χ3n) is 4.51. The zero-order chi connectivity index (χ0) is 19.0. The summed E-state index contributed by atoms with van der Waals surface area (Å²) in [7, 11) is 0. The lowest BCUT2D eigenvalue weighted by atomic mass is 9.98. The third kappa shape index (κ3) is 3.75. The molecule has 0 aromatic heterocycles. The van der Waals surface area contributed by atoms with Crippen molar-refractivity contribution >= 4 is 50.5 Å². The van der Waals surface area contributed by atoms with Crippen LogP contribution in [0.3, 0.4) is 0 Å². The molecule has 0 saturated heterocycles. The van der Waals surface area contributed by atoms with Crippen LogP contribution in [0.15, 0.2) is 76.3 Å². The largest absolute Gasteiger partial charge is 0.254 e. The Balaban J connectivity index is 1.80. The summed E-state index contributed by atoms with van der Waals surface area (Å²) in [5.74, 6) is -0.326. The average Bonchev–Trinajstić information content (AvgIpc) is 3.07. The summed E-state index contributed by atoms with van der Waals surface area (Å²) < 4.78 is 15.5. The Morgan fingerprint density at radius 2 is 1.74 bits per heavy atom. The Hall–Kier alpha value is -1.88. The molecule has 0 amide bonds. The number of benzene rings is 3. The quantitative estimate of drug-likeness (QED) is 0.399. The molecule has 0 unspecified atom stereocenters. The van der Waals surface area contributed by atoms with E-state index in [9.17, 15) is 4.39 Å². The molecule has 3 aromatic carbocycles. The lowest BCUT2D eigenvalue weighted by Crippen LogP contribution is -2.20. The maximum Gasteiger partial charge on any atom is 0.148 e. The third-order valence-corrected chi connectivity index (χ3v) is 5.60. The number of hydrogen-bond acceptors (Lipinski definition) is 2. The van der Waals surface area contributed by atoms with Crippen molar-refractivity contribution in [2.45, 2.75) is 12.5 Å². The average molecular weight is 464 g/mol. The molecule has 0 N–H and O–H groups in total. The zero-order valence-corrected chi connectivity index (χ0v) is 17.1. The highest BCUT2D eigenvalue weighted by Gasteiger charge is 2.32. The van der Waals surface area contributed by atoms with Gasteiger partial charge in [-0.05, 0) is 47.5 Å². The topological polar surface area (TPSA) is 15.6 Å². The van der Waals surface area contributed by atoms with Gasteiger partial charge in [-0.15, -0.1) is 0 Å². The molecule has 0 spiro atoms. The minimum atomic E-state index is -0.326. The summed E-state index contributed by atoms with van der Waals surface area (Å²) in [5, 5.41) is 7.56. The van der Waals surface area contributed by atoms with Gasteiger partial charge in [-0.2, -0.15) is 5.10 Å². The summed E-state index contributed by atoms with van der Waals surface area (Å²) >= 11 is 16.0. The molecule has 0 radical (unpaired) electrons. The first-order valence-corrected chi connectivity index (χ1v) is 9.90. The maximum absolute atomic E-state index is 14.5. The highest BCUT2D eigenvalue weighted by Crippen LogP contribution is 2.40. The van der Waals surface area contributed by atoms with Gasteiger partial charge in [0.05, 0.1) is 17.4 Å². The van der Waals surface area contributed by atoms with Crippen molar-refractivity contribution in [3.63, 3.8) is 0 Å². The number of halogens is 4. The van der Waals surface area contributed by atoms with Gasteiger partial charge in [-0.3, -0.25) is 5.01 Å². The Bertz CT molecular complexity index is 1020. The number of para-hydroxylation sites is 1. The highest BCUT2D eigenvalue weighted by molar-refractivity contribution is 9.10. The van der Waals surface area contributed by atoms with Crippen LogP contribution >= 0.6 is 39.1 Å². The minimum Gasteiger partial charge on any atom is -0.254 e. The SMILES string of the molecule is Fc1ccccc1N1N=C(c2ccc(Br)cc2)C[C@H]1c1ccc(Cl)cc1Cl. The second-order valence-electron chi connectivity index (χ2n) is 6.24. The number of rotatable bonds is 3. The van der Waals surface area contributed by atoms with E-state index in [1.165, 1.54) is 6.07 Å². The summed E-state index contributed by atoms with van der Waals surface area (Å²) in [5.41, 5.74) is 3.15. The van der Waals surface area contributed by atoms with Crippen molar-refractivity contribution in [3.8, 4) is 0 Å². The molecule has 27 heavy (non-hydrogen) atoms. The van der Waals surface area contributed by atoms with Gasteiger partial charge in [0.1, 0.15) is 5.82 Å². The minimum absolute atomic E-state index is 0.217. The second kappa shape index (κ2) is 7.63. The fraction of sp³-hybridized carbons (Fsp3) is 0.0952. The predicted molar refractivity (Wildman–Crippen MR) is 113 cm³/mol. The molecule has 1 atom stereocenters. The Morgan fingerprint density at radius 3 is 2.44 bits per heavy atom. The summed E-state index contributed by atoms with van der Waals surface area (Å²) in [4.78, 5) is 0. The standard InChI is InChI=1S/C21H14BrCl2FN2/c22-14-7-5-13(6-8-14)19-12-21(16-10-9-15(23)11-17(16)24)27(26-19)20-4-2-1-3-18(20)25/h1-11,21H,12H2/t21-/m0/s1. The number of hydrazone groups is 1. The van der Waals surface area contributed by atoms with Crippen LogP contribution in [0.2, 0.25) is 10.0 Å². The molecule has 1 heterocycles. The van der Waals surface area contributed by atoms with Gasteiger partial charge < -0.3 is 0 Å². The van der Waals surface area contributed by atoms with E-state index in [-0.39, 0.29) is 11.9 Å². The van der Waals surface area contributed by atoms with E-state index in [1.807, 2.05) is 30.3 Å². The first-order chi connectivity index (χ1) is 13.0. The molecule has 0 saturated carbocycles. The van der Waals surface area contributed by atoms with Crippen LogP contribution in [-0.4, -0.2) is 5.71 Å². The van der Waals surface area contributed by atoms with Crippen LogP contribution in [0, 0.1) is 5.82 Å². The van der Waals surface area contributed by atoms with E-state index in [0.717, 1.165) is 21.3 Å². The van der Waals surface area contributed by atoms with E-state index in [1.54, 1.807) is 35.3 Å². The van der Waals surface area contributed by atoms with E-state index in [0.29, 0.717) is 22.2 Å². The zero-order valence-electron chi connectivity index (χ0n) is 14.0. The normalized spacial score (nSPS) is 16.5. The van der Waals surface area contributed by atoms with Gasteiger partial charge in [-0.1, -0.05) is 69.5 Å². The van der Waals surface area contributed by atoms with Crippen LogP contribution in [0.5, 0.6) is 0 Å². The Kier molecular flexibility index (Phi) is 5.22. The lowest BCUT2D eigenvalue weighted by Gasteiger charge is -2.25. The van der Waals surface area contributed by atoms with Crippen molar-refractivity contribution < 1.29 is 4.39 Å². The molecule has 0 aliphatic carbocycles. The van der Waals surface area contributed by atoms with Gasteiger partial charge in [0.25, 0.3) is 0 Å². The Morgan fingerprint density at radius 1 is 1.00 bits per heavy atom. The van der Waals surface area contributed by atoms with Crippen molar-refractivity contribution in [1.29, 1.82) is 0 Å². The molecular weight excluding hydrogens is 450 g/mol. The summed E-state index contributed by atoms with van der Waals surface area (Å²) in [6.45, 7) is 0. The first-order valence-electron chi connectivity index (χ1n) is 8.35. The predicted octanol–water partition coefficient (Wildman–Crippen LogP) is 7.25. The lowest BCUT2D eigenvalue weighted by molar-refractivity contribution is 0.606. The number of hydrogen-bond donors (Lipinski definition) is 0. The summed E-state index contributed by atoms with van der Waals surface area (Å²) in [6, 6.07) is 19.7. The molecule has 2 nitrogen and oxygen atoms in total. The molecule has 0 fully saturated rings. The fourth-order valence-electron chi connectivity index (χ4n) is 3.20. The van der Waals surface area contributed by atoms with Gasteiger partial charge in [0.15, 0.2) is 0 Å². The molecule has 3 aromatic rings. The molecule has 0 bridgehead atoms. The first kappa shape index (κ1) is 18.5. The van der Waals surface area contributed by atoms with Crippen molar-refractivity contribution in [2.75, 3.05) is 5.01 Å². The van der Waals surface area contributed by atoms with Crippen LogP contribution in [0.1, 0.15) is 23.6 Å². The molecule has 136 valence electrons. The second-order valence-corrected chi connectivity index (χ2v) is 7.99. The van der Waals surface area contributed by atoms with Crippen LogP contribution in [0.25, 0.3) is 0 Å². The van der Waals surface area contributed by atoms with E-state index < -0.39 is 0 Å². The van der Waals surface area contributed by atoms with Crippen molar-refractivity contribution in [3.05, 3.63) is 98.2 Å².